The van der Waals surface area contributed by atoms with Gasteiger partial charge >= 0.3 is 0 Å². The number of aliphatic hydroxyl groups excluding tert-OH is 1. The fourth-order valence-electron chi connectivity index (χ4n) is 1.61. The largest absolute Gasteiger partial charge is 0.506 e. The van der Waals surface area contributed by atoms with Crippen LogP contribution in [0.1, 0.15) is 6.42 Å². The Morgan fingerprint density at radius 1 is 1.37 bits per heavy atom. The van der Waals surface area contributed by atoms with Crippen LogP contribution in [0.15, 0.2) is 58.2 Å². The van der Waals surface area contributed by atoms with Crippen molar-refractivity contribution >= 4 is 28.4 Å². The molecular weight excluding hydrogens is 355 g/mol. The molecule has 100 valence electrons. The zero-order valence-corrected chi connectivity index (χ0v) is 12.9. The molecule has 1 aliphatic rings. The second kappa shape index (κ2) is 5.79. The number of pyridine rings is 1. The summed E-state index contributed by atoms with van der Waals surface area (Å²) >= 11 is 2.31. The summed E-state index contributed by atoms with van der Waals surface area (Å²) in [6.07, 6.45) is 6.09. The van der Waals surface area contributed by atoms with Crippen molar-refractivity contribution < 1.29 is 5.11 Å². The number of hydrogen-bond acceptors (Lipinski definition) is 5. The maximum atomic E-state index is 10.0. The van der Waals surface area contributed by atoms with Crippen molar-refractivity contribution in [3.8, 4) is 0 Å². The molecule has 0 spiro atoms. The van der Waals surface area contributed by atoms with E-state index in [0.29, 0.717) is 11.5 Å². The van der Waals surface area contributed by atoms with Gasteiger partial charge in [-0.3, -0.25) is 4.90 Å². The van der Waals surface area contributed by atoms with Crippen molar-refractivity contribution in [1.82, 2.24) is 9.88 Å². The first-order chi connectivity index (χ1) is 9.01. The third-order valence-electron chi connectivity index (χ3n) is 2.85. The third kappa shape index (κ3) is 3.38. The number of nitrogens with zero attached hydrogens (tertiary/aromatic N) is 4. The molecule has 0 saturated heterocycles. The van der Waals surface area contributed by atoms with Crippen molar-refractivity contribution in [2.45, 2.75) is 9.97 Å². The monoisotopic (exact) mass is 370 g/mol. The molecule has 0 bridgehead atoms. The minimum absolute atomic E-state index is 0.147. The molecule has 1 heterocycles. The summed E-state index contributed by atoms with van der Waals surface area (Å²) in [6, 6.07) is 5.42. The van der Waals surface area contributed by atoms with Gasteiger partial charge in [-0.25, -0.2) is 4.98 Å². The second-order valence-corrected chi connectivity index (χ2v) is 6.29. The molecule has 1 unspecified atom stereocenters. The van der Waals surface area contributed by atoms with Gasteiger partial charge in [-0.05, 0) is 38.7 Å². The Hall–Kier alpha value is -1.28. The number of likely N-dealkylation sites (N-methyl/N-ethyl adjacent to an activating group) is 1. The van der Waals surface area contributed by atoms with Gasteiger partial charge in [-0.15, -0.1) is 10.2 Å². The predicted molar refractivity (Wildman–Crippen MR) is 82.6 cm³/mol. The number of aliphatic hydroxyl groups is 1. The van der Waals surface area contributed by atoms with Gasteiger partial charge in [0.05, 0.1) is 3.55 Å². The lowest BCUT2D eigenvalue weighted by molar-refractivity contribution is 0.308. The molecule has 0 radical (unpaired) electrons. The van der Waals surface area contributed by atoms with Crippen molar-refractivity contribution in [2.24, 2.45) is 10.2 Å². The fraction of sp³-hybridized carbons (Fsp3) is 0.308. The van der Waals surface area contributed by atoms with E-state index in [1.807, 2.05) is 37.2 Å². The molecule has 0 aliphatic heterocycles. The maximum absolute atomic E-state index is 10.0. The van der Waals surface area contributed by atoms with E-state index in [9.17, 15) is 5.11 Å². The highest BCUT2D eigenvalue weighted by Crippen LogP contribution is 2.35. The highest BCUT2D eigenvalue weighted by molar-refractivity contribution is 14.1. The molecule has 1 aromatic rings. The summed E-state index contributed by atoms with van der Waals surface area (Å²) in [7, 11) is 3.95. The van der Waals surface area contributed by atoms with Crippen LogP contribution in [0, 0.1) is 0 Å². The van der Waals surface area contributed by atoms with E-state index in [0.717, 1.165) is 6.42 Å². The number of alkyl halides is 1. The first-order valence-corrected chi connectivity index (χ1v) is 6.90. The van der Waals surface area contributed by atoms with Crippen molar-refractivity contribution in [3.63, 3.8) is 0 Å². The van der Waals surface area contributed by atoms with E-state index >= 15 is 0 Å². The molecule has 1 N–H and O–H groups in total. The van der Waals surface area contributed by atoms with Gasteiger partial charge < -0.3 is 5.11 Å². The minimum Gasteiger partial charge on any atom is -0.506 e. The van der Waals surface area contributed by atoms with E-state index in [-0.39, 0.29) is 9.30 Å². The summed E-state index contributed by atoms with van der Waals surface area (Å²) in [5, 5.41) is 18.1. The standard InChI is InChI=1S/C13H15IN4O/c1-18(2)13(14)7-6-10(11(19)9-13)16-17-12-5-3-4-8-15-12/h3-6,8-9,19H,7H2,1-2H3. The lowest BCUT2D eigenvalue weighted by atomic mass is 10.1. The maximum Gasteiger partial charge on any atom is 0.174 e. The number of aromatic nitrogens is 1. The molecule has 0 aromatic carbocycles. The highest BCUT2D eigenvalue weighted by Gasteiger charge is 2.30. The van der Waals surface area contributed by atoms with Crippen LogP contribution in [0.5, 0.6) is 0 Å². The molecule has 0 saturated carbocycles. The zero-order valence-electron chi connectivity index (χ0n) is 10.8. The zero-order chi connectivity index (χ0) is 13.9. The molecule has 0 fully saturated rings. The summed E-state index contributed by atoms with van der Waals surface area (Å²) in [5.41, 5.74) is 0.486. The highest BCUT2D eigenvalue weighted by atomic mass is 127. The molecule has 1 atom stereocenters. The van der Waals surface area contributed by atoms with Crippen LogP contribution in [0.4, 0.5) is 5.82 Å². The normalized spacial score (nSPS) is 23.6. The smallest absolute Gasteiger partial charge is 0.174 e. The van der Waals surface area contributed by atoms with Gasteiger partial charge in [0.1, 0.15) is 11.5 Å². The van der Waals surface area contributed by atoms with E-state index in [1.165, 1.54) is 0 Å². The van der Waals surface area contributed by atoms with Crippen LogP contribution in [0.2, 0.25) is 0 Å². The number of hydrogen-bond donors (Lipinski definition) is 1. The number of rotatable bonds is 3. The topological polar surface area (TPSA) is 61.1 Å². The van der Waals surface area contributed by atoms with Gasteiger partial charge in [0, 0.05) is 6.20 Å². The summed E-state index contributed by atoms with van der Waals surface area (Å²) in [4.78, 5) is 6.10. The summed E-state index contributed by atoms with van der Waals surface area (Å²) in [6.45, 7) is 0. The van der Waals surface area contributed by atoms with Gasteiger partial charge in [0.15, 0.2) is 5.82 Å². The quantitative estimate of drug-likeness (QED) is 0.383. The van der Waals surface area contributed by atoms with Crippen LogP contribution in [-0.4, -0.2) is 32.6 Å². The first kappa shape index (κ1) is 14.1. The third-order valence-corrected chi connectivity index (χ3v) is 4.57. The average Bonchev–Trinajstić information content (AvgIpc) is 2.39. The Balaban J connectivity index is 2.15. The summed E-state index contributed by atoms with van der Waals surface area (Å²) in [5.74, 6) is 0.671. The van der Waals surface area contributed by atoms with Crippen LogP contribution < -0.4 is 0 Å². The first-order valence-electron chi connectivity index (χ1n) is 5.83. The van der Waals surface area contributed by atoms with Gasteiger partial charge in [0.25, 0.3) is 0 Å². The minimum atomic E-state index is -0.216. The molecule has 2 rings (SSSR count). The van der Waals surface area contributed by atoms with Crippen LogP contribution in [0.3, 0.4) is 0 Å². The molecule has 19 heavy (non-hydrogen) atoms. The van der Waals surface area contributed by atoms with Gasteiger partial charge in [-0.2, -0.15) is 0 Å². The molecule has 5 nitrogen and oxygen atoms in total. The van der Waals surface area contributed by atoms with Crippen molar-refractivity contribution in [2.75, 3.05) is 14.1 Å². The number of halogens is 1. The van der Waals surface area contributed by atoms with Crippen LogP contribution >= 0.6 is 22.6 Å². The Bertz CT molecular complexity index is 539. The Morgan fingerprint density at radius 3 is 2.74 bits per heavy atom. The lowest BCUT2D eigenvalue weighted by Crippen LogP contribution is -2.37. The molecule has 6 heteroatoms. The van der Waals surface area contributed by atoms with E-state index in [4.69, 9.17) is 0 Å². The average molecular weight is 370 g/mol. The van der Waals surface area contributed by atoms with Gasteiger partial charge in [-0.1, -0.05) is 34.7 Å². The van der Waals surface area contributed by atoms with E-state index < -0.39 is 0 Å². The fourth-order valence-corrected chi connectivity index (χ4v) is 2.12. The molecular formula is C13H15IN4O. The van der Waals surface area contributed by atoms with Crippen LogP contribution in [0.25, 0.3) is 0 Å². The van der Waals surface area contributed by atoms with Crippen molar-refractivity contribution in [3.05, 3.63) is 48.0 Å². The van der Waals surface area contributed by atoms with E-state index in [2.05, 4.69) is 37.8 Å². The lowest BCUT2D eigenvalue weighted by Gasteiger charge is -2.32. The Kier molecular flexibility index (Phi) is 4.31. The Morgan fingerprint density at radius 2 is 2.16 bits per heavy atom. The second-order valence-electron chi connectivity index (χ2n) is 4.42. The number of azo groups is 1. The predicted octanol–water partition coefficient (Wildman–Crippen LogP) is 3.59. The van der Waals surface area contributed by atoms with E-state index in [1.54, 1.807) is 18.3 Å². The Labute approximate surface area is 125 Å². The van der Waals surface area contributed by atoms with Gasteiger partial charge in [0.2, 0.25) is 0 Å². The van der Waals surface area contributed by atoms with Crippen LogP contribution in [-0.2, 0) is 0 Å². The molecule has 0 amide bonds. The SMILES string of the molecule is CN(C)C1(I)C=C(O)C(N=Nc2ccccn2)=CC1. The molecule has 1 aliphatic carbocycles. The molecule has 1 aromatic heterocycles. The summed E-state index contributed by atoms with van der Waals surface area (Å²) < 4.78 is -0.216. The van der Waals surface area contributed by atoms with Crippen molar-refractivity contribution in [1.29, 1.82) is 0 Å².